The molecule has 0 spiro atoms. The summed E-state index contributed by atoms with van der Waals surface area (Å²) in [5.74, 6) is 6.69. The molecule has 0 heterocycles. The molecule has 112 valence electrons. The van der Waals surface area contributed by atoms with Crippen LogP contribution in [-0.4, -0.2) is 6.04 Å². The summed E-state index contributed by atoms with van der Waals surface area (Å²) >= 11 is 0. The first-order chi connectivity index (χ1) is 9.55. The second-order valence-electron chi connectivity index (χ2n) is 7.08. The zero-order valence-corrected chi connectivity index (χ0v) is 13.3. The normalized spacial score (nSPS) is 19.4. The van der Waals surface area contributed by atoms with Crippen molar-refractivity contribution in [2.45, 2.75) is 65.3 Å². The first-order valence-electron chi connectivity index (χ1n) is 8.07. The van der Waals surface area contributed by atoms with Crippen molar-refractivity contribution in [3.63, 3.8) is 0 Å². The van der Waals surface area contributed by atoms with E-state index in [2.05, 4.69) is 50.5 Å². The lowest BCUT2D eigenvalue weighted by Crippen LogP contribution is -2.49. The summed E-state index contributed by atoms with van der Waals surface area (Å²) < 4.78 is 0. The molecule has 0 aromatic heterocycles. The molecule has 2 nitrogen and oxygen atoms in total. The van der Waals surface area contributed by atoms with Crippen molar-refractivity contribution in [2.24, 2.45) is 17.2 Å². The highest BCUT2D eigenvalue weighted by molar-refractivity contribution is 5.23. The van der Waals surface area contributed by atoms with Crippen LogP contribution < -0.4 is 11.3 Å². The second-order valence-corrected chi connectivity index (χ2v) is 7.08. The van der Waals surface area contributed by atoms with Gasteiger partial charge in [0.2, 0.25) is 0 Å². The van der Waals surface area contributed by atoms with E-state index in [0.717, 1.165) is 12.3 Å². The molecule has 1 aliphatic rings. The molecule has 0 amide bonds. The van der Waals surface area contributed by atoms with Crippen LogP contribution in [0.2, 0.25) is 0 Å². The van der Waals surface area contributed by atoms with Crippen molar-refractivity contribution in [2.75, 3.05) is 0 Å². The Morgan fingerprint density at radius 3 is 2.50 bits per heavy atom. The number of nitrogens with one attached hydrogen (secondary N) is 1. The second kappa shape index (κ2) is 6.73. The summed E-state index contributed by atoms with van der Waals surface area (Å²) in [6, 6.07) is 9.24. The molecule has 3 N–H and O–H groups in total. The first kappa shape index (κ1) is 15.5. The minimum atomic E-state index is 0.395. The van der Waals surface area contributed by atoms with E-state index in [1.165, 1.54) is 43.2 Å². The van der Waals surface area contributed by atoms with E-state index >= 15 is 0 Å². The Morgan fingerprint density at radius 2 is 1.95 bits per heavy atom. The van der Waals surface area contributed by atoms with Gasteiger partial charge in [0.15, 0.2) is 0 Å². The minimum Gasteiger partial charge on any atom is -0.271 e. The fraction of sp³-hybridized carbons (Fsp3) is 0.667. The van der Waals surface area contributed by atoms with Crippen molar-refractivity contribution < 1.29 is 0 Å². The largest absolute Gasteiger partial charge is 0.271 e. The van der Waals surface area contributed by atoms with Gasteiger partial charge in [-0.2, -0.15) is 0 Å². The Hall–Kier alpha value is -0.860. The molecule has 1 fully saturated rings. The Bertz CT molecular complexity index is 419. The van der Waals surface area contributed by atoms with Crippen LogP contribution in [-0.2, 0) is 6.42 Å². The van der Waals surface area contributed by atoms with E-state index in [-0.39, 0.29) is 0 Å². The zero-order chi connectivity index (χ0) is 14.6. The monoisotopic (exact) mass is 274 g/mol. The van der Waals surface area contributed by atoms with Crippen molar-refractivity contribution in [3.8, 4) is 0 Å². The SMILES string of the molecule is Cc1cccc(CC(NN)C2(CC(C)C)CCCC2)c1. The number of benzene rings is 1. The van der Waals surface area contributed by atoms with Crippen molar-refractivity contribution in [3.05, 3.63) is 35.4 Å². The Labute approximate surface area is 124 Å². The Kier molecular flexibility index (Phi) is 5.22. The van der Waals surface area contributed by atoms with Crippen molar-refractivity contribution >= 4 is 0 Å². The molecule has 0 radical (unpaired) electrons. The summed E-state index contributed by atoms with van der Waals surface area (Å²) in [4.78, 5) is 0. The minimum absolute atomic E-state index is 0.395. The first-order valence-corrected chi connectivity index (χ1v) is 8.07. The summed E-state index contributed by atoms with van der Waals surface area (Å²) in [5.41, 5.74) is 6.29. The highest BCUT2D eigenvalue weighted by atomic mass is 15.2. The van der Waals surface area contributed by atoms with Crippen LogP contribution in [0.5, 0.6) is 0 Å². The number of hydrogen-bond donors (Lipinski definition) is 2. The van der Waals surface area contributed by atoms with E-state index in [4.69, 9.17) is 5.84 Å². The lowest BCUT2D eigenvalue weighted by molar-refractivity contribution is 0.154. The highest BCUT2D eigenvalue weighted by Gasteiger charge is 2.41. The fourth-order valence-corrected chi connectivity index (χ4v) is 4.11. The third-order valence-electron chi connectivity index (χ3n) is 4.88. The molecule has 0 bridgehead atoms. The maximum atomic E-state index is 5.95. The van der Waals surface area contributed by atoms with E-state index in [9.17, 15) is 0 Å². The van der Waals surface area contributed by atoms with Crippen LogP contribution in [0.4, 0.5) is 0 Å². The molecular formula is C18H30N2. The average Bonchev–Trinajstić information content (AvgIpc) is 2.84. The van der Waals surface area contributed by atoms with Gasteiger partial charge >= 0.3 is 0 Å². The van der Waals surface area contributed by atoms with E-state index in [0.29, 0.717) is 11.5 Å². The molecule has 20 heavy (non-hydrogen) atoms. The molecule has 0 saturated heterocycles. The Morgan fingerprint density at radius 1 is 1.25 bits per heavy atom. The highest BCUT2D eigenvalue weighted by Crippen LogP contribution is 2.46. The summed E-state index contributed by atoms with van der Waals surface area (Å²) in [6.45, 7) is 6.83. The van der Waals surface area contributed by atoms with Gasteiger partial charge in [-0.3, -0.25) is 11.3 Å². The molecule has 1 aromatic rings. The predicted molar refractivity (Wildman–Crippen MR) is 86.4 cm³/mol. The molecule has 2 rings (SSSR count). The van der Waals surface area contributed by atoms with Gasteiger partial charge in [-0.25, -0.2) is 0 Å². The van der Waals surface area contributed by atoms with Gasteiger partial charge in [-0.05, 0) is 49.5 Å². The van der Waals surface area contributed by atoms with Gasteiger partial charge in [0.05, 0.1) is 0 Å². The van der Waals surface area contributed by atoms with Crippen molar-refractivity contribution in [1.82, 2.24) is 5.43 Å². The third-order valence-corrected chi connectivity index (χ3v) is 4.88. The maximum absolute atomic E-state index is 5.95. The van der Waals surface area contributed by atoms with Gasteiger partial charge in [0.25, 0.3) is 0 Å². The maximum Gasteiger partial charge on any atom is 0.0307 e. The summed E-state index contributed by atoms with van der Waals surface area (Å²) in [6.07, 6.45) is 7.70. The van der Waals surface area contributed by atoms with Crippen LogP contribution in [0.25, 0.3) is 0 Å². The Balaban J connectivity index is 2.16. The average molecular weight is 274 g/mol. The number of hydrogen-bond acceptors (Lipinski definition) is 2. The zero-order valence-electron chi connectivity index (χ0n) is 13.3. The summed E-state index contributed by atoms with van der Waals surface area (Å²) in [5, 5.41) is 0. The van der Waals surface area contributed by atoms with Crippen molar-refractivity contribution in [1.29, 1.82) is 0 Å². The van der Waals surface area contributed by atoms with E-state index < -0.39 is 0 Å². The molecule has 1 aromatic carbocycles. The standard InChI is InChI=1S/C18H30N2/c1-14(2)13-18(9-4-5-10-18)17(20-19)12-16-8-6-7-15(3)11-16/h6-8,11,14,17,20H,4-5,9-10,12-13,19H2,1-3H3. The van der Waals surface area contributed by atoms with Gasteiger partial charge in [0.1, 0.15) is 0 Å². The smallest absolute Gasteiger partial charge is 0.0307 e. The fourth-order valence-electron chi connectivity index (χ4n) is 4.11. The molecule has 0 aliphatic heterocycles. The van der Waals surface area contributed by atoms with E-state index in [1.807, 2.05) is 0 Å². The molecule has 2 heteroatoms. The van der Waals surface area contributed by atoms with Crippen LogP contribution in [0.15, 0.2) is 24.3 Å². The molecule has 1 saturated carbocycles. The molecule has 1 atom stereocenters. The van der Waals surface area contributed by atoms with E-state index in [1.54, 1.807) is 0 Å². The van der Waals surface area contributed by atoms with Crippen LogP contribution in [0.3, 0.4) is 0 Å². The third kappa shape index (κ3) is 3.62. The quantitative estimate of drug-likeness (QED) is 0.608. The van der Waals surface area contributed by atoms with Gasteiger partial charge in [-0.15, -0.1) is 0 Å². The lowest BCUT2D eigenvalue weighted by Gasteiger charge is -2.39. The molecule has 1 unspecified atom stereocenters. The van der Waals surface area contributed by atoms with Gasteiger partial charge in [0, 0.05) is 6.04 Å². The van der Waals surface area contributed by atoms with Crippen LogP contribution >= 0.6 is 0 Å². The summed E-state index contributed by atoms with van der Waals surface area (Å²) in [7, 11) is 0. The number of rotatable bonds is 6. The van der Waals surface area contributed by atoms with Crippen LogP contribution in [0.1, 0.15) is 57.1 Å². The number of aryl methyl sites for hydroxylation is 1. The molecule has 1 aliphatic carbocycles. The predicted octanol–water partition coefficient (Wildman–Crippen LogP) is 3.98. The lowest BCUT2D eigenvalue weighted by atomic mass is 9.71. The topological polar surface area (TPSA) is 38.0 Å². The number of hydrazine groups is 1. The number of nitrogens with two attached hydrogens (primary N) is 1. The van der Waals surface area contributed by atoms with Gasteiger partial charge in [-0.1, -0.05) is 56.5 Å². The molecular weight excluding hydrogens is 244 g/mol. The van der Waals surface area contributed by atoms with Crippen LogP contribution in [0, 0.1) is 18.3 Å². The van der Waals surface area contributed by atoms with Gasteiger partial charge < -0.3 is 0 Å².